The van der Waals surface area contributed by atoms with Gasteiger partial charge in [-0.2, -0.15) is 0 Å². The molecule has 12 heteroatoms. The van der Waals surface area contributed by atoms with E-state index in [4.69, 9.17) is 4.74 Å². The number of alkyl halides is 3. The summed E-state index contributed by atoms with van der Waals surface area (Å²) in [6.07, 6.45) is -3.73. The molecule has 4 rings (SSSR count). The lowest BCUT2D eigenvalue weighted by atomic mass is 9.89. The number of fused-ring (bicyclic) bond motifs is 1. The second-order valence-electron chi connectivity index (χ2n) is 10.9. The molecule has 0 bridgehead atoms. The molecule has 0 amide bonds. The Morgan fingerprint density at radius 3 is 2.43 bits per heavy atom. The van der Waals surface area contributed by atoms with Crippen molar-refractivity contribution in [3.8, 4) is 11.5 Å². The fourth-order valence-electron chi connectivity index (χ4n) is 5.27. The summed E-state index contributed by atoms with van der Waals surface area (Å²) < 4.78 is 80.2. The molecule has 1 unspecified atom stereocenters. The van der Waals surface area contributed by atoms with Crippen LogP contribution in [0.2, 0.25) is 0 Å². The SMILES string of the molecule is C=C(F)/C(=N\C(=N/C)Nc1ccc(C2CCN(C)CC2)c(F)c1)c1cc(OC(F)(F)F)c2c(c1)N(C(C)C)CC(C)O2. The number of anilines is 2. The lowest BCUT2D eigenvalue weighted by Crippen LogP contribution is -2.42. The largest absolute Gasteiger partial charge is 0.573 e. The normalized spacial score (nSPS) is 19.0. The van der Waals surface area contributed by atoms with E-state index in [1.54, 1.807) is 19.1 Å². The lowest BCUT2D eigenvalue weighted by Gasteiger charge is -2.38. The van der Waals surface area contributed by atoms with Crippen LogP contribution in [0.25, 0.3) is 0 Å². The average molecular weight is 594 g/mol. The second-order valence-corrected chi connectivity index (χ2v) is 10.9. The van der Waals surface area contributed by atoms with E-state index in [2.05, 4.69) is 31.5 Å². The van der Waals surface area contributed by atoms with Gasteiger partial charge in [-0.05, 0) is 89.5 Å². The number of likely N-dealkylation sites (tertiary alicyclic amines) is 1. The molecular weight excluding hydrogens is 557 g/mol. The minimum absolute atomic E-state index is 0.0314. The molecule has 2 aliphatic heterocycles. The Labute approximate surface area is 242 Å². The average Bonchev–Trinajstić information content (AvgIpc) is 2.90. The highest BCUT2D eigenvalue weighted by molar-refractivity contribution is 6.17. The maximum atomic E-state index is 15.1. The summed E-state index contributed by atoms with van der Waals surface area (Å²) in [6, 6.07) is 7.11. The van der Waals surface area contributed by atoms with Crippen LogP contribution in [-0.2, 0) is 0 Å². The van der Waals surface area contributed by atoms with Gasteiger partial charge in [0.1, 0.15) is 23.5 Å². The van der Waals surface area contributed by atoms with Crippen LogP contribution in [0.3, 0.4) is 0 Å². The highest BCUT2D eigenvalue weighted by Crippen LogP contribution is 2.45. The molecule has 0 aromatic heterocycles. The Bertz CT molecular complexity index is 1370. The number of rotatable bonds is 6. The third-order valence-electron chi connectivity index (χ3n) is 7.34. The predicted molar refractivity (Wildman–Crippen MR) is 155 cm³/mol. The second kappa shape index (κ2) is 12.7. The number of piperidine rings is 1. The number of hydrogen-bond acceptors (Lipinski definition) is 5. The van der Waals surface area contributed by atoms with Gasteiger partial charge in [-0.3, -0.25) is 4.99 Å². The first-order valence-corrected chi connectivity index (χ1v) is 13.8. The van der Waals surface area contributed by atoms with Crippen molar-refractivity contribution in [2.24, 2.45) is 9.98 Å². The number of hydrogen-bond donors (Lipinski definition) is 1. The van der Waals surface area contributed by atoms with Crippen LogP contribution in [-0.4, -0.2) is 68.8 Å². The number of guanidine groups is 1. The smallest absolute Gasteiger partial charge is 0.483 e. The van der Waals surface area contributed by atoms with Gasteiger partial charge in [0.25, 0.3) is 0 Å². The summed E-state index contributed by atoms with van der Waals surface area (Å²) in [4.78, 5) is 12.3. The fourth-order valence-corrected chi connectivity index (χ4v) is 5.27. The molecule has 42 heavy (non-hydrogen) atoms. The van der Waals surface area contributed by atoms with Gasteiger partial charge in [-0.15, -0.1) is 13.2 Å². The Hall–Kier alpha value is -3.67. The number of ether oxygens (including phenoxy) is 2. The van der Waals surface area contributed by atoms with Crippen LogP contribution in [0.15, 0.2) is 52.7 Å². The number of halogens is 5. The summed E-state index contributed by atoms with van der Waals surface area (Å²) in [5.74, 6) is -2.11. The van der Waals surface area contributed by atoms with Gasteiger partial charge >= 0.3 is 6.36 Å². The molecule has 0 spiro atoms. The molecule has 2 aliphatic rings. The topological polar surface area (TPSA) is 61.7 Å². The van der Waals surface area contributed by atoms with Crippen LogP contribution < -0.4 is 19.7 Å². The standard InChI is InChI=1S/C30H36F5N5O2/c1-17(2)40-16-18(3)41-28-25(40)13-21(14-26(28)42-30(33,34)35)27(19(4)31)38-29(36-5)37-22-7-8-23(24(32)15-22)20-9-11-39(6)12-10-20/h7-8,13-15,17-18,20H,4,9-12,16H2,1-3,5-6H3,(H,36,37)/b38-27+. The van der Waals surface area contributed by atoms with Crippen LogP contribution in [0, 0.1) is 5.82 Å². The zero-order valence-electron chi connectivity index (χ0n) is 24.4. The van der Waals surface area contributed by atoms with Crippen molar-refractivity contribution in [3.05, 3.63) is 59.7 Å². The van der Waals surface area contributed by atoms with Crippen molar-refractivity contribution >= 4 is 23.0 Å². The van der Waals surface area contributed by atoms with Crippen LogP contribution in [0.5, 0.6) is 11.5 Å². The minimum atomic E-state index is -5.02. The molecule has 2 heterocycles. The zero-order chi connectivity index (χ0) is 30.8. The molecule has 2 aromatic rings. The fraction of sp³-hybridized carbons (Fsp3) is 0.467. The van der Waals surface area contributed by atoms with E-state index in [9.17, 15) is 17.6 Å². The van der Waals surface area contributed by atoms with Crippen LogP contribution in [0.4, 0.5) is 33.3 Å². The molecule has 0 radical (unpaired) electrons. The molecule has 228 valence electrons. The first kappa shape index (κ1) is 31.3. The highest BCUT2D eigenvalue weighted by atomic mass is 19.4. The Kier molecular flexibility index (Phi) is 9.44. The van der Waals surface area contributed by atoms with E-state index in [1.165, 1.54) is 19.2 Å². The Balaban J connectivity index is 1.69. The predicted octanol–water partition coefficient (Wildman–Crippen LogP) is 6.90. The number of aliphatic imine (C=N–C) groups is 2. The first-order valence-electron chi connectivity index (χ1n) is 13.8. The Morgan fingerprint density at radius 2 is 1.86 bits per heavy atom. The maximum Gasteiger partial charge on any atom is 0.573 e. The van der Waals surface area contributed by atoms with Crippen molar-refractivity contribution in [3.63, 3.8) is 0 Å². The van der Waals surface area contributed by atoms with Crippen molar-refractivity contribution < 1.29 is 31.4 Å². The molecular formula is C30H36F5N5O2. The zero-order valence-corrected chi connectivity index (χ0v) is 24.4. The number of benzene rings is 2. The van der Waals surface area contributed by atoms with Crippen molar-refractivity contribution in [1.82, 2.24) is 4.90 Å². The van der Waals surface area contributed by atoms with Gasteiger partial charge in [0.05, 0.1) is 12.2 Å². The quantitative estimate of drug-likeness (QED) is 0.224. The molecule has 1 atom stereocenters. The van der Waals surface area contributed by atoms with E-state index in [1.807, 2.05) is 25.8 Å². The van der Waals surface area contributed by atoms with Gasteiger partial charge in [0.15, 0.2) is 11.5 Å². The van der Waals surface area contributed by atoms with Gasteiger partial charge in [0, 0.05) is 24.3 Å². The summed E-state index contributed by atoms with van der Waals surface area (Å²) in [7, 11) is 3.43. The van der Waals surface area contributed by atoms with Crippen molar-refractivity contribution in [1.29, 1.82) is 0 Å². The van der Waals surface area contributed by atoms with E-state index in [-0.39, 0.29) is 40.8 Å². The van der Waals surface area contributed by atoms with Gasteiger partial charge in [0.2, 0.25) is 5.96 Å². The third-order valence-corrected chi connectivity index (χ3v) is 7.34. The van der Waals surface area contributed by atoms with Crippen molar-refractivity contribution in [2.75, 3.05) is 43.9 Å². The monoisotopic (exact) mass is 593 g/mol. The van der Waals surface area contributed by atoms with Crippen molar-refractivity contribution in [2.45, 2.75) is 58.0 Å². The van der Waals surface area contributed by atoms with E-state index in [0.29, 0.717) is 23.5 Å². The molecule has 0 saturated carbocycles. The molecule has 0 aliphatic carbocycles. The highest BCUT2D eigenvalue weighted by Gasteiger charge is 2.36. The van der Waals surface area contributed by atoms with Gasteiger partial charge < -0.3 is 24.6 Å². The lowest BCUT2D eigenvalue weighted by molar-refractivity contribution is -0.275. The molecule has 1 saturated heterocycles. The van der Waals surface area contributed by atoms with E-state index in [0.717, 1.165) is 32.0 Å². The maximum absolute atomic E-state index is 15.1. The summed E-state index contributed by atoms with van der Waals surface area (Å²) in [5.41, 5.74) is 0.850. The van der Waals surface area contributed by atoms with Crippen LogP contribution in [0.1, 0.15) is 50.7 Å². The number of nitrogens with zero attached hydrogens (tertiary/aromatic N) is 4. The number of allylic oxidation sites excluding steroid dienone is 1. The van der Waals surface area contributed by atoms with Gasteiger partial charge in [-0.1, -0.05) is 12.6 Å². The van der Waals surface area contributed by atoms with Gasteiger partial charge in [-0.25, -0.2) is 13.8 Å². The van der Waals surface area contributed by atoms with Crippen LogP contribution >= 0.6 is 0 Å². The Morgan fingerprint density at radius 1 is 1.17 bits per heavy atom. The molecule has 7 nitrogen and oxygen atoms in total. The molecule has 1 fully saturated rings. The summed E-state index contributed by atoms with van der Waals surface area (Å²) in [6.45, 7) is 11.0. The summed E-state index contributed by atoms with van der Waals surface area (Å²) >= 11 is 0. The third kappa shape index (κ3) is 7.39. The molecule has 1 N–H and O–H groups in total. The van der Waals surface area contributed by atoms with E-state index >= 15 is 4.39 Å². The summed E-state index contributed by atoms with van der Waals surface area (Å²) in [5, 5.41) is 2.87. The minimum Gasteiger partial charge on any atom is -0.483 e. The molecule has 2 aromatic carbocycles. The van der Waals surface area contributed by atoms with E-state index < -0.39 is 24.0 Å². The first-order chi connectivity index (χ1) is 19.8. The number of nitrogens with one attached hydrogen (secondary N) is 1.